The van der Waals surface area contributed by atoms with Crippen LogP contribution >= 0.6 is 0 Å². The number of anilines is 2. The molecular weight excluding hydrogens is 379 g/mol. The van der Waals surface area contributed by atoms with E-state index in [0.29, 0.717) is 17.9 Å². The molecule has 0 fully saturated rings. The van der Waals surface area contributed by atoms with Crippen molar-refractivity contribution in [2.24, 2.45) is 0 Å². The lowest BCUT2D eigenvalue weighted by molar-refractivity contribution is 0.0695. The first-order valence-electron chi connectivity index (χ1n) is 10.3. The van der Waals surface area contributed by atoms with Crippen molar-refractivity contribution in [3.05, 3.63) is 89.0 Å². The monoisotopic (exact) mass is 404 g/mol. The van der Waals surface area contributed by atoms with Crippen LogP contribution in [0.25, 0.3) is 0 Å². The van der Waals surface area contributed by atoms with Gasteiger partial charge in [0.1, 0.15) is 5.82 Å². The molecule has 0 aliphatic heterocycles. The zero-order valence-electron chi connectivity index (χ0n) is 17.0. The Morgan fingerprint density at radius 3 is 2.83 bits per heavy atom. The Bertz CT molecular complexity index is 1070. The van der Waals surface area contributed by atoms with E-state index in [-0.39, 0.29) is 5.82 Å². The number of hydrogen-bond acceptors (Lipinski definition) is 3. The lowest BCUT2D eigenvalue weighted by atomic mass is 9.79. The quantitative estimate of drug-likeness (QED) is 0.569. The highest BCUT2D eigenvalue weighted by Gasteiger charge is 2.22. The maximum absolute atomic E-state index is 13.6. The number of carboxylic acid groups (broad SMARTS) is 1. The molecule has 30 heavy (non-hydrogen) atoms. The van der Waals surface area contributed by atoms with Crippen molar-refractivity contribution < 1.29 is 14.3 Å². The summed E-state index contributed by atoms with van der Waals surface area (Å²) in [7, 11) is 1.95. The van der Waals surface area contributed by atoms with Gasteiger partial charge >= 0.3 is 5.97 Å². The predicted octanol–water partition coefficient (Wildman–Crippen LogP) is 5.74. The van der Waals surface area contributed by atoms with Crippen LogP contribution in [0, 0.1) is 5.82 Å². The van der Waals surface area contributed by atoms with Crippen LogP contribution in [0.4, 0.5) is 15.8 Å². The smallest absolute Gasteiger partial charge is 0.336 e. The molecule has 4 rings (SSSR count). The fraction of sp³-hybridized carbons (Fsp3) is 0.280. The molecule has 1 atom stereocenters. The van der Waals surface area contributed by atoms with E-state index < -0.39 is 5.97 Å². The first-order chi connectivity index (χ1) is 14.5. The molecule has 5 heteroatoms. The van der Waals surface area contributed by atoms with Gasteiger partial charge in [-0.25, -0.2) is 9.18 Å². The lowest BCUT2D eigenvalue weighted by Crippen LogP contribution is -2.14. The highest BCUT2D eigenvalue weighted by molar-refractivity contribution is 5.89. The minimum absolute atomic E-state index is 0.242. The number of halogens is 1. The summed E-state index contributed by atoms with van der Waals surface area (Å²) < 4.78 is 13.6. The van der Waals surface area contributed by atoms with Gasteiger partial charge in [-0.05, 0) is 91.1 Å². The third-order valence-corrected chi connectivity index (χ3v) is 6.04. The van der Waals surface area contributed by atoms with Gasteiger partial charge in [-0.15, -0.1) is 0 Å². The van der Waals surface area contributed by atoms with Crippen LogP contribution in [0.15, 0.2) is 60.9 Å². The van der Waals surface area contributed by atoms with Gasteiger partial charge in [-0.1, -0.05) is 12.1 Å². The van der Waals surface area contributed by atoms with Crippen molar-refractivity contribution in [2.75, 3.05) is 11.9 Å². The molecule has 0 saturated heterocycles. The molecule has 1 aromatic heterocycles. The van der Waals surface area contributed by atoms with Gasteiger partial charge in [0.25, 0.3) is 0 Å². The molecule has 0 saturated carbocycles. The number of rotatable bonds is 6. The van der Waals surface area contributed by atoms with Crippen molar-refractivity contribution in [3.63, 3.8) is 0 Å². The maximum Gasteiger partial charge on any atom is 0.336 e. The molecule has 0 unspecified atom stereocenters. The van der Waals surface area contributed by atoms with Crippen LogP contribution in [0.2, 0.25) is 0 Å². The van der Waals surface area contributed by atoms with Crippen LogP contribution in [0.3, 0.4) is 0 Å². The summed E-state index contributed by atoms with van der Waals surface area (Å²) in [6.07, 6.45) is 8.05. The summed E-state index contributed by atoms with van der Waals surface area (Å²) in [5.41, 5.74) is 5.67. The second kappa shape index (κ2) is 8.66. The van der Waals surface area contributed by atoms with E-state index in [9.17, 15) is 14.3 Å². The Hall–Kier alpha value is -3.21. The highest BCUT2D eigenvalue weighted by Crippen LogP contribution is 2.37. The highest BCUT2D eigenvalue weighted by atomic mass is 19.1. The SMILES string of the molecule is CN(c1cccc(F)c1)c1ccc2c(c1)CCC[C@H]2CCc1cnccc1C(=O)O. The number of aryl methyl sites for hydroxylation is 2. The third-order valence-electron chi connectivity index (χ3n) is 6.04. The first kappa shape index (κ1) is 20.1. The standard InChI is InChI=1S/C25H25FN2O2/c1-28(21-7-3-6-20(26)15-21)22-10-11-23-17(4-2-5-18(23)14-22)8-9-19-16-27-13-12-24(19)25(29)30/h3,6-7,10-17H,2,4-5,8-9H2,1H3,(H,29,30)/t17-/m0/s1. The molecule has 1 aliphatic rings. The number of pyridine rings is 1. The predicted molar refractivity (Wildman–Crippen MR) is 116 cm³/mol. The number of nitrogens with zero attached hydrogens (tertiary/aromatic N) is 2. The Balaban J connectivity index is 1.53. The van der Waals surface area contributed by atoms with Crippen LogP contribution in [0.5, 0.6) is 0 Å². The molecule has 0 radical (unpaired) electrons. The van der Waals surface area contributed by atoms with E-state index >= 15 is 0 Å². The number of benzene rings is 2. The number of hydrogen-bond donors (Lipinski definition) is 1. The van der Waals surface area contributed by atoms with Crippen LogP contribution in [-0.4, -0.2) is 23.1 Å². The van der Waals surface area contributed by atoms with Gasteiger partial charge in [0.05, 0.1) is 5.56 Å². The van der Waals surface area contributed by atoms with Crippen molar-refractivity contribution >= 4 is 17.3 Å². The minimum atomic E-state index is -0.901. The molecule has 3 aromatic rings. The molecule has 1 heterocycles. The summed E-state index contributed by atoms with van der Waals surface area (Å²) in [5.74, 6) is -0.737. The van der Waals surface area contributed by atoms with Crippen LogP contribution < -0.4 is 4.90 Å². The van der Waals surface area contributed by atoms with Crippen molar-refractivity contribution in [3.8, 4) is 0 Å². The average Bonchev–Trinajstić information content (AvgIpc) is 2.76. The number of fused-ring (bicyclic) bond motifs is 1. The van der Waals surface area contributed by atoms with E-state index in [2.05, 4.69) is 23.2 Å². The maximum atomic E-state index is 13.6. The molecular formula is C25H25FN2O2. The Kier molecular flexibility index (Phi) is 5.79. The largest absolute Gasteiger partial charge is 0.478 e. The van der Waals surface area contributed by atoms with Gasteiger partial charge in [0, 0.05) is 30.8 Å². The molecule has 0 spiro atoms. The fourth-order valence-corrected chi connectivity index (χ4v) is 4.41. The molecule has 0 amide bonds. The molecule has 154 valence electrons. The summed E-state index contributed by atoms with van der Waals surface area (Å²) >= 11 is 0. The van der Waals surface area contributed by atoms with E-state index in [0.717, 1.165) is 42.6 Å². The average molecular weight is 404 g/mol. The fourth-order valence-electron chi connectivity index (χ4n) is 4.41. The zero-order valence-corrected chi connectivity index (χ0v) is 17.0. The van der Waals surface area contributed by atoms with E-state index in [1.807, 2.05) is 18.0 Å². The third kappa shape index (κ3) is 4.20. The second-order valence-corrected chi connectivity index (χ2v) is 7.89. The van der Waals surface area contributed by atoms with E-state index in [1.54, 1.807) is 18.3 Å². The van der Waals surface area contributed by atoms with Crippen LogP contribution in [-0.2, 0) is 12.8 Å². The van der Waals surface area contributed by atoms with E-state index in [1.165, 1.54) is 29.5 Å². The lowest BCUT2D eigenvalue weighted by Gasteiger charge is -2.28. The summed E-state index contributed by atoms with van der Waals surface area (Å²) in [6.45, 7) is 0. The Morgan fingerprint density at radius 2 is 2.03 bits per heavy atom. The number of carbonyl (C=O) groups is 1. The zero-order chi connectivity index (χ0) is 21.1. The number of aromatic carboxylic acids is 1. The van der Waals surface area contributed by atoms with Crippen molar-refractivity contribution in [2.45, 2.75) is 38.0 Å². The second-order valence-electron chi connectivity index (χ2n) is 7.89. The summed E-state index contributed by atoms with van der Waals surface area (Å²) in [5, 5.41) is 9.40. The van der Waals surface area contributed by atoms with Gasteiger partial charge in [0.2, 0.25) is 0 Å². The minimum Gasteiger partial charge on any atom is -0.478 e. The molecule has 1 N–H and O–H groups in total. The van der Waals surface area contributed by atoms with Crippen molar-refractivity contribution in [1.82, 2.24) is 4.98 Å². The van der Waals surface area contributed by atoms with Crippen LogP contribution in [0.1, 0.15) is 52.2 Å². The Labute approximate surface area is 176 Å². The van der Waals surface area contributed by atoms with Crippen molar-refractivity contribution in [1.29, 1.82) is 0 Å². The first-order valence-corrected chi connectivity index (χ1v) is 10.3. The molecule has 4 nitrogen and oxygen atoms in total. The van der Waals surface area contributed by atoms with E-state index in [4.69, 9.17) is 0 Å². The summed E-state index contributed by atoms with van der Waals surface area (Å²) in [4.78, 5) is 17.6. The molecule has 1 aliphatic carbocycles. The van der Waals surface area contributed by atoms with Gasteiger partial charge in [-0.3, -0.25) is 4.98 Å². The Morgan fingerprint density at radius 1 is 1.20 bits per heavy atom. The topological polar surface area (TPSA) is 53.4 Å². The summed E-state index contributed by atoms with van der Waals surface area (Å²) in [6, 6.07) is 14.7. The van der Waals surface area contributed by atoms with Gasteiger partial charge in [0.15, 0.2) is 0 Å². The molecule has 0 bridgehead atoms. The normalized spacial score (nSPS) is 15.5. The number of carboxylic acids is 1. The van der Waals surface area contributed by atoms with Gasteiger partial charge in [-0.2, -0.15) is 0 Å². The molecule has 2 aromatic carbocycles. The van der Waals surface area contributed by atoms with Gasteiger partial charge < -0.3 is 10.0 Å². The number of aromatic nitrogens is 1.